The number of benzene rings is 1. The molecule has 0 unspecified atom stereocenters. The van der Waals surface area contributed by atoms with Crippen molar-refractivity contribution in [3.63, 3.8) is 0 Å². The van der Waals surface area contributed by atoms with Crippen LogP contribution in [-0.4, -0.2) is 30.6 Å². The number of unbranched alkanes of at least 4 members (excludes halogenated alkanes) is 2. The lowest BCUT2D eigenvalue weighted by Gasteiger charge is -2.12. The zero-order valence-corrected chi connectivity index (χ0v) is 15.2. The van der Waals surface area contributed by atoms with Crippen LogP contribution in [0.4, 0.5) is 0 Å². The minimum absolute atomic E-state index is 0.186. The Kier molecular flexibility index (Phi) is 8.78. The molecule has 0 aliphatic carbocycles. The van der Waals surface area contributed by atoms with Crippen molar-refractivity contribution in [1.29, 1.82) is 0 Å². The third-order valence-electron chi connectivity index (χ3n) is 3.49. The van der Waals surface area contributed by atoms with Crippen molar-refractivity contribution < 1.29 is 14.3 Å². The van der Waals surface area contributed by atoms with E-state index in [1.165, 1.54) is 7.11 Å². The Morgan fingerprint density at radius 3 is 2.54 bits per heavy atom. The molecule has 0 aromatic heterocycles. The monoisotopic (exact) mass is 351 g/mol. The second-order valence-electron chi connectivity index (χ2n) is 5.54. The number of thiocarbonyl (C=S) groups is 1. The highest BCUT2D eigenvalue weighted by atomic mass is 32.1. The van der Waals surface area contributed by atoms with Gasteiger partial charge in [-0.2, -0.15) is 0 Å². The molecule has 132 valence electrons. The van der Waals surface area contributed by atoms with Crippen LogP contribution in [0.1, 0.15) is 47.2 Å². The molecule has 6 nitrogen and oxygen atoms in total. The molecule has 0 fully saturated rings. The highest BCUT2D eigenvalue weighted by molar-refractivity contribution is 7.80. The smallest absolute Gasteiger partial charge is 0.305 e. The summed E-state index contributed by atoms with van der Waals surface area (Å²) in [6, 6.07) is 5.64. The van der Waals surface area contributed by atoms with Crippen LogP contribution < -0.4 is 16.2 Å². The summed E-state index contributed by atoms with van der Waals surface area (Å²) in [5, 5.41) is 3.37. The summed E-state index contributed by atoms with van der Waals surface area (Å²) in [7, 11) is 1.39. The fourth-order valence-corrected chi connectivity index (χ4v) is 2.32. The van der Waals surface area contributed by atoms with Crippen LogP contribution >= 0.6 is 12.2 Å². The number of ether oxygens (including phenoxy) is 1. The summed E-state index contributed by atoms with van der Waals surface area (Å²) in [6.45, 7) is 4.55. The fourth-order valence-electron chi connectivity index (χ4n) is 2.17. The SMILES string of the molecule is COC(=O)CCCCCNC(=S)NNC(=O)c1ccc(C)cc1C. The molecule has 7 heteroatoms. The molecule has 1 aromatic carbocycles. The van der Waals surface area contributed by atoms with Gasteiger partial charge in [-0.05, 0) is 50.5 Å². The molecule has 0 bridgehead atoms. The van der Waals surface area contributed by atoms with Crippen LogP contribution in [-0.2, 0) is 9.53 Å². The minimum atomic E-state index is -0.227. The van der Waals surface area contributed by atoms with Gasteiger partial charge in [0.2, 0.25) is 0 Å². The number of nitrogens with one attached hydrogen (secondary N) is 3. The number of hydrazine groups is 1. The van der Waals surface area contributed by atoms with Gasteiger partial charge in [-0.15, -0.1) is 0 Å². The van der Waals surface area contributed by atoms with E-state index in [2.05, 4.69) is 20.9 Å². The van der Waals surface area contributed by atoms with Crippen molar-refractivity contribution in [3.05, 3.63) is 34.9 Å². The van der Waals surface area contributed by atoms with Gasteiger partial charge in [-0.3, -0.25) is 20.4 Å². The first kappa shape index (κ1) is 19.9. The predicted molar refractivity (Wildman–Crippen MR) is 97.6 cm³/mol. The molecular formula is C17H25N3O3S. The normalized spacial score (nSPS) is 9.96. The fraction of sp³-hybridized carbons (Fsp3) is 0.471. The molecular weight excluding hydrogens is 326 g/mol. The van der Waals surface area contributed by atoms with Crippen LogP contribution in [0, 0.1) is 13.8 Å². The minimum Gasteiger partial charge on any atom is -0.469 e. The summed E-state index contributed by atoms with van der Waals surface area (Å²) in [5.74, 6) is -0.413. The third-order valence-corrected chi connectivity index (χ3v) is 3.73. The molecule has 0 spiro atoms. The van der Waals surface area contributed by atoms with Crippen LogP contribution in [0.5, 0.6) is 0 Å². The Bertz CT molecular complexity index is 590. The first-order valence-electron chi connectivity index (χ1n) is 7.92. The number of hydrogen-bond donors (Lipinski definition) is 3. The van der Waals surface area contributed by atoms with Crippen LogP contribution in [0.25, 0.3) is 0 Å². The van der Waals surface area contributed by atoms with E-state index in [1.807, 2.05) is 26.0 Å². The lowest BCUT2D eigenvalue weighted by molar-refractivity contribution is -0.140. The molecule has 0 heterocycles. The maximum Gasteiger partial charge on any atom is 0.305 e. The first-order chi connectivity index (χ1) is 11.4. The van der Waals surface area contributed by atoms with Gasteiger partial charge in [0.1, 0.15) is 0 Å². The van der Waals surface area contributed by atoms with Gasteiger partial charge in [-0.1, -0.05) is 24.1 Å². The van der Waals surface area contributed by atoms with E-state index in [9.17, 15) is 9.59 Å². The first-order valence-corrected chi connectivity index (χ1v) is 8.33. The Hall–Kier alpha value is -2.15. The van der Waals surface area contributed by atoms with Crippen LogP contribution in [0.2, 0.25) is 0 Å². The zero-order chi connectivity index (χ0) is 17.9. The van der Waals surface area contributed by atoms with Gasteiger partial charge in [0.15, 0.2) is 5.11 Å². The van der Waals surface area contributed by atoms with Crippen LogP contribution in [0.3, 0.4) is 0 Å². The second kappa shape index (κ2) is 10.6. The molecule has 3 N–H and O–H groups in total. The van der Waals surface area contributed by atoms with Gasteiger partial charge < -0.3 is 10.1 Å². The summed E-state index contributed by atoms with van der Waals surface area (Å²) in [4.78, 5) is 23.0. The molecule has 1 rings (SSSR count). The van der Waals surface area contributed by atoms with E-state index in [1.54, 1.807) is 6.07 Å². The van der Waals surface area contributed by atoms with Gasteiger partial charge in [-0.25, -0.2) is 0 Å². The van der Waals surface area contributed by atoms with E-state index >= 15 is 0 Å². The summed E-state index contributed by atoms with van der Waals surface area (Å²) < 4.78 is 4.58. The highest BCUT2D eigenvalue weighted by Gasteiger charge is 2.08. The number of rotatable bonds is 7. The van der Waals surface area contributed by atoms with Gasteiger partial charge in [0.05, 0.1) is 7.11 Å². The number of carbonyl (C=O) groups excluding carboxylic acids is 2. The molecule has 24 heavy (non-hydrogen) atoms. The Morgan fingerprint density at radius 2 is 1.88 bits per heavy atom. The number of carbonyl (C=O) groups is 2. The second-order valence-corrected chi connectivity index (χ2v) is 5.95. The average Bonchev–Trinajstić information content (AvgIpc) is 2.55. The number of aryl methyl sites for hydroxylation is 2. The number of methoxy groups -OCH3 is 1. The summed E-state index contributed by atoms with van der Waals surface area (Å²) in [5.41, 5.74) is 7.91. The lowest BCUT2D eigenvalue weighted by atomic mass is 10.1. The Balaban J connectivity index is 2.19. The largest absolute Gasteiger partial charge is 0.469 e. The molecule has 0 radical (unpaired) electrons. The van der Waals surface area contributed by atoms with Crippen molar-refractivity contribution in [2.45, 2.75) is 39.5 Å². The van der Waals surface area contributed by atoms with Crippen molar-refractivity contribution in [3.8, 4) is 0 Å². The van der Waals surface area contributed by atoms with Gasteiger partial charge in [0, 0.05) is 18.5 Å². The molecule has 1 aromatic rings. The number of esters is 1. The molecule has 0 aliphatic heterocycles. The van der Waals surface area contributed by atoms with Gasteiger partial charge in [0.25, 0.3) is 5.91 Å². The predicted octanol–water partition coefficient (Wildman–Crippen LogP) is 2.15. The van der Waals surface area contributed by atoms with E-state index in [0.717, 1.165) is 30.4 Å². The summed E-state index contributed by atoms with van der Waals surface area (Å²) in [6.07, 6.45) is 3.01. The maximum atomic E-state index is 12.1. The average molecular weight is 351 g/mol. The quantitative estimate of drug-likeness (QED) is 0.302. The highest BCUT2D eigenvalue weighted by Crippen LogP contribution is 2.09. The van der Waals surface area contributed by atoms with Crippen LogP contribution in [0.15, 0.2) is 18.2 Å². The zero-order valence-electron chi connectivity index (χ0n) is 14.4. The van der Waals surface area contributed by atoms with Crippen molar-refractivity contribution >= 4 is 29.2 Å². The maximum absolute atomic E-state index is 12.1. The van der Waals surface area contributed by atoms with E-state index in [4.69, 9.17) is 12.2 Å². The molecule has 0 aliphatic rings. The van der Waals surface area contributed by atoms with Crippen molar-refractivity contribution in [2.24, 2.45) is 0 Å². The van der Waals surface area contributed by atoms with Crippen molar-refractivity contribution in [1.82, 2.24) is 16.2 Å². The molecule has 0 saturated heterocycles. The Labute approximate surface area is 148 Å². The van der Waals surface area contributed by atoms with Gasteiger partial charge >= 0.3 is 5.97 Å². The van der Waals surface area contributed by atoms with E-state index < -0.39 is 0 Å². The van der Waals surface area contributed by atoms with E-state index in [-0.39, 0.29) is 11.9 Å². The molecule has 0 atom stereocenters. The molecule has 1 amide bonds. The Morgan fingerprint density at radius 1 is 1.12 bits per heavy atom. The van der Waals surface area contributed by atoms with E-state index in [0.29, 0.717) is 23.6 Å². The number of hydrogen-bond acceptors (Lipinski definition) is 4. The standard InChI is InChI=1S/C17H25N3O3S/c1-12-8-9-14(13(2)11-12)16(22)19-20-17(24)18-10-6-4-5-7-15(21)23-3/h8-9,11H,4-7,10H2,1-3H3,(H,19,22)(H2,18,20,24). The topological polar surface area (TPSA) is 79.5 Å². The number of amides is 1. The van der Waals surface area contributed by atoms with Crippen molar-refractivity contribution in [2.75, 3.05) is 13.7 Å². The lowest BCUT2D eigenvalue weighted by Crippen LogP contribution is -2.47. The molecule has 0 saturated carbocycles. The summed E-state index contributed by atoms with van der Waals surface area (Å²) >= 11 is 5.10. The third kappa shape index (κ3) is 7.41.